The molecule has 0 saturated carbocycles. The van der Waals surface area contributed by atoms with Crippen LogP contribution in [0.15, 0.2) is 12.1 Å². The van der Waals surface area contributed by atoms with Gasteiger partial charge < -0.3 is 10.6 Å². The van der Waals surface area contributed by atoms with Crippen molar-refractivity contribution >= 4 is 5.69 Å². The Balaban J connectivity index is 2.14. The van der Waals surface area contributed by atoms with Crippen LogP contribution in [0.4, 0.5) is 10.1 Å². The van der Waals surface area contributed by atoms with Gasteiger partial charge in [0.15, 0.2) is 0 Å². The van der Waals surface area contributed by atoms with Gasteiger partial charge in [-0.25, -0.2) is 4.39 Å². The molecule has 0 fully saturated rings. The molecule has 1 atom stereocenters. The minimum absolute atomic E-state index is 0.267. The molecule has 1 aromatic rings. The maximum Gasteiger partial charge on any atom is 0.146 e. The predicted octanol–water partition coefficient (Wildman–Crippen LogP) is 3.39. The molecule has 1 aliphatic carbocycles. The molecule has 2 N–H and O–H groups in total. The Morgan fingerprint density at radius 1 is 1.21 bits per heavy atom. The molecule has 19 heavy (non-hydrogen) atoms. The summed E-state index contributed by atoms with van der Waals surface area (Å²) in [7, 11) is 0. The third-order valence-electron chi connectivity index (χ3n) is 4.06. The number of nitrogen functional groups attached to an aromatic ring is 1. The van der Waals surface area contributed by atoms with Crippen LogP contribution in [0.25, 0.3) is 0 Å². The van der Waals surface area contributed by atoms with Crippen LogP contribution in [0.1, 0.15) is 44.2 Å². The summed E-state index contributed by atoms with van der Waals surface area (Å²) in [5.41, 5.74) is 8.37. The highest BCUT2D eigenvalue weighted by molar-refractivity contribution is 5.47. The van der Waals surface area contributed by atoms with E-state index in [1.807, 2.05) is 6.07 Å². The number of nitrogens with two attached hydrogens (primary N) is 1. The number of fused-ring (bicyclic) bond motifs is 1. The van der Waals surface area contributed by atoms with Crippen molar-refractivity contribution in [1.29, 1.82) is 0 Å². The van der Waals surface area contributed by atoms with Gasteiger partial charge in [0.2, 0.25) is 0 Å². The van der Waals surface area contributed by atoms with Gasteiger partial charge in [0, 0.05) is 6.04 Å². The molecule has 1 aliphatic rings. The molecule has 0 saturated heterocycles. The zero-order chi connectivity index (χ0) is 13.8. The van der Waals surface area contributed by atoms with Crippen molar-refractivity contribution in [1.82, 2.24) is 4.90 Å². The number of rotatable bonds is 5. The van der Waals surface area contributed by atoms with E-state index >= 15 is 0 Å². The molecule has 2 rings (SSSR count). The highest BCUT2D eigenvalue weighted by Gasteiger charge is 2.24. The molecule has 0 heterocycles. The van der Waals surface area contributed by atoms with Crippen molar-refractivity contribution < 1.29 is 4.39 Å². The van der Waals surface area contributed by atoms with Gasteiger partial charge in [-0.05, 0) is 68.5 Å². The lowest BCUT2D eigenvalue weighted by Gasteiger charge is -2.35. The number of halogens is 1. The van der Waals surface area contributed by atoms with Crippen molar-refractivity contribution in [3.05, 3.63) is 29.1 Å². The van der Waals surface area contributed by atoms with E-state index in [0.717, 1.165) is 37.9 Å². The lowest BCUT2D eigenvalue weighted by Crippen LogP contribution is -2.40. The Hall–Kier alpha value is -1.09. The Labute approximate surface area is 115 Å². The second-order valence-corrected chi connectivity index (χ2v) is 5.58. The monoisotopic (exact) mass is 264 g/mol. The summed E-state index contributed by atoms with van der Waals surface area (Å²) in [6.45, 7) is 6.77. The first kappa shape index (κ1) is 14.3. The van der Waals surface area contributed by atoms with Crippen molar-refractivity contribution in [2.24, 2.45) is 0 Å². The van der Waals surface area contributed by atoms with Crippen molar-refractivity contribution in [3.63, 3.8) is 0 Å². The van der Waals surface area contributed by atoms with Crippen LogP contribution in [0.3, 0.4) is 0 Å². The summed E-state index contributed by atoms with van der Waals surface area (Å²) in [6, 6.07) is 4.06. The molecule has 0 amide bonds. The number of anilines is 1. The average molecular weight is 264 g/mol. The molecule has 0 radical (unpaired) electrons. The molecule has 0 unspecified atom stereocenters. The van der Waals surface area contributed by atoms with Gasteiger partial charge in [-0.3, -0.25) is 0 Å². The molecular formula is C16H25FN2. The zero-order valence-electron chi connectivity index (χ0n) is 12.1. The summed E-state index contributed by atoms with van der Waals surface area (Å²) < 4.78 is 13.5. The largest absolute Gasteiger partial charge is 0.396 e. The number of benzene rings is 1. The first-order valence-electron chi connectivity index (χ1n) is 7.46. The Bertz CT molecular complexity index is 425. The fourth-order valence-electron chi connectivity index (χ4n) is 3.14. The number of nitrogens with zero attached hydrogens (tertiary/aromatic N) is 1. The fourth-order valence-corrected chi connectivity index (χ4v) is 3.14. The quantitative estimate of drug-likeness (QED) is 0.826. The predicted molar refractivity (Wildman–Crippen MR) is 78.8 cm³/mol. The third-order valence-corrected chi connectivity index (χ3v) is 4.06. The topological polar surface area (TPSA) is 29.3 Å². The smallest absolute Gasteiger partial charge is 0.146 e. The summed E-state index contributed by atoms with van der Waals surface area (Å²) in [5, 5.41) is 0. The fraction of sp³-hybridized carbons (Fsp3) is 0.625. The van der Waals surface area contributed by atoms with Gasteiger partial charge in [-0.1, -0.05) is 13.8 Å². The van der Waals surface area contributed by atoms with Gasteiger partial charge in [0.1, 0.15) is 5.82 Å². The van der Waals surface area contributed by atoms with Gasteiger partial charge in [0.05, 0.1) is 5.69 Å². The standard InChI is InChI=1S/C16H25FN2/c1-3-7-19(8-4-2)14-6-5-12-10-15(17)16(18)11-13(12)9-14/h10-11,14H,3-9,18H2,1-2H3/t14-/m1/s1. The molecule has 0 bridgehead atoms. The molecular weight excluding hydrogens is 239 g/mol. The summed E-state index contributed by atoms with van der Waals surface area (Å²) >= 11 is 0. The highest BCUT2D eigenvalue weighted by Crippen LogP contribution is 2.28. The minimum atomic E-state index is -0.267. The Kier molecular flexibility index (Phi) is 4.81. The van der Waals surface area contributed by atoms with Crippen LogP contribution >= 0.6 is 0 Å². The molecule has 3 heteroatoms. The molecule has 0 aromatic heterocycles. The molecule has 106 valence electrons. The van der Waals surface area contributed by atoms with Crippen molar-refractivity contribution in [2.45, 2.75) is 52.0 Å². The maximum absolute atomic E-state index is 13.5. The number of aryl methyl sites for hydroxylation is 1. The van der Waals surface area contributed by atoms with Gasteiger partial charge >= 0.3 is 0 Å². The normalized spacial score (nSPS) is 18.6. The van der Waals surface area contributed by atoms with E-state index in [1.54, 1.807) is 6.07 Å². The van der Waals surface area contributed by atoms with Crippen LogP contribution in [0, 0.1) is 5.82 Å². The molecule has 2 nitrogen and oxygen atoms in total. The van der Waals surface area contributed by atoms with E-state index in [4.69, 9.17) is 5.73 Å². The summed E-state index contributed by atoms with van der Waals surface area (Å²) in [5.74, 6) is -0.267. The van der Waals surface area contributed by atoms with Crippen LogP contribution in [-0.2, 0) is 12.8 Å². The van der Waals surface area contributed by atoms with Crippen LogP contribution < -0.4 is 5.73 Å². The third kappa shape index (κ3) is 3.27. The second-order valence-electron chi connectivity index (χ2n) is 5.58. The van der Waals surface area contributed by atoms with E-state index < -0.39 is 0 Å². The lowest BCUT2D eigenvalue weighted by atomic mass is 9.87. The van der Waals surface area contributed by atoms with E-state index in [-0.39, 0.29) is 11.5 Å². The Morgan fingerprint density at radius 3 is 2.53 bits per heavy atom. The van der Waals surface area contributed by atoms with Crippen molar-refractivity contribution in [2.75, 3.05) is 18.8 Å². The zero-order valence-corrected chi connectivity index (χ0v) is 12.1. The molecule has 0 spiro atoms. The van der Waals surface area contributed by atoms with E-state index in [2.05, 4.69) is 18.7 Å². The molecule has 1 aromatic carbocycles. The maximum atomic E-state index is 13.5. The van der Waals surface area contributed by atoms with Crippen LogP contribution in [0.2, 0.25) is 0 Å². The first-order valence-corrected chi connectivity index (χ1v) is 7.46. The van der Waals surface area contributed by atoms with Crippen LogP contribution in [0.5, 0.6) is 0 Å². The second kappa shape index (κ2) is 6.38. The van der Waals surface area contributed by atoms with E-state index in [9.17, 15) is 4.39 Å². The lowest BCUT2D eigenvalue weighted by molar-refractivity contribution is 0.180. The SMILES string of the molecule is CCCN(CCC)[C@@H]1CCc2cc(F)c(N)cc2C1. The van der Waals surface area contributed by atoms with Crippen molar-refractivity contribution in [3.8, 4) is 0 Å². The summed E-state index contributed by atoms with van der Waals surface area (Å²) in [4.78, 5) is 2.59. The first-order chi connectivity index (χ1) is 9.15. The van der Waals surface area contributed by atoms with Gasteiger partial charge in [-0.2, -0.15) is 0 Å². The number of hydrogen-bond donors (Lipinski definition) is 1. The van der Waals surface area contributed by atoms with E-state index in [0.29, 0.717) is 6.04 Å². The van der Waals surface area contributed by atoms with Crippen LogP contribution in [-0.4, -0.2) is 24.0 Å². The minimum Gasteiger partial charge on any atom is -0.396 e. The van der Waals surface area contributed by atoms with Gasteiger partial charge in [-0.15, -0.1) is 0 Å². The average Bonchev–Trinajstić information content (AvgIpc) is 2.39. The molecule has 0 aliphatic heterocycles. The summed E-state index contributed by atoms with van der Waals surface area (Å²) in [6.07, 6.45) is 5.50. The highest BCUT2D eigenvalue weighted by atomic mass is 19.1. The van der Waals surface area contributed by atoms with E-state index in [1.165, 1.54) is 18.4 Å². The Morgan fingerprint density at radius 2 is 1.89 bits per heavy atom. The number of hydrogen-bond acceptors (Lipinski definition) is 2. The van der Waals surface area contributed by atoms with Gasteiger partial charge in [0.25, 0.3) is 0 Å².